The highest BCUT2D eigenvalue weighted by Gasteiger charge is 2.31. The quantitative estimate of drug-likeness (QED) is 0.799. The minimum atomic E-state index is 0.245. The van der Waals surface area contributed by atoms with Crippen molar-refractivity contribution in [2.75, 3.05) is 13.1 Å². The molecule has 17 heavy (non-hydrogen) atoms. The second-order valence-corrected chi connectivity index (χ2v) is 5.74. The molecule has 0 amide bonds. The van der Waals surface area contributed by atoms with E-state index >= 15 is 0 Å². The number of rotatable bonds is 1. The van der Waals surface area contributed by atoms with Gasteiger partial charge in [-0.1, -0.05) is 19.9 Å². The predicted molar refractivity (Wildman–Crippen MR) is 68.5 cm³/mol. The molecule has 1 fully saturated rings. The van der Waals surface area contributed by atoms with Gasteiger partial charge in [0, 0.05) is 30.3 Å². The summed E-state index contributed by atoms with van der Waals surface area (Å²) in [5.41, 5.74) is 2.44. The number of hydrogen-bond donors (Lipinski definition) is 1. The molecule has 1 saturated heterocycles. The first kappa shape index (κ1) is 11.0. The molecule has 3 heterocycles. The van der Waals surface area contributed by atoms with E-state index in [9.17, 15) is 4.79 Å². The molecule has 0 radical (unpaired) electrons. The average molecular weight is 232 g/mol. The monoisotopic (exact) mass is 232 g/mol. The van der Waals surface area contributed by atoms with Crippen molar-refractivity contribution >= 4 is 0 Å². The van der Waals surface area contributed by atoms with Crippen molar-refractivity contribution in [1.29, 1.82) is 0 Å². The molecule has 92 valence electrons. The van der Waals surface area contributed by atoms with Crippen LogP contribution in [-0.4, -0.2) is 17.7 Å². The smallest absolute Gasteiger partial charge is 0.254 e. The molecule has 0 spiro atoms. The fraction of sp³-hybridized carbons (Fsp3) is 0.643. The van der Waals surface area contributed by atoms with E-state index in [1.165, 1.54) is 12.1 Å². The number of fused-ring (bicyclic) bond motifs is 4. The van der Waals surface area contributed by atoms with Crippen LogP contribution in [0.4, 0.5) is 0 Å². The molecule has 1 N–H and O–H groups in total. The van der Waals surface area contributed by atoms with Gasteiger partial charge >= 0.3 is 0 Å². The molecule has 3 nitrogen and oxygen atoms in total. The van der Waals surface area contributed by atoms with E-state index in [0.29, 0.717) is 17.8 Å². The first-order valence-corrected chi connectivity index (χ1v) is 6.61. The number of nitrogens with zero attached hydrogens (tertiary/aromatic N) is 1. The molecule has 0 saturated carbocycles. The Balaban J connectivity index is 2.12. The molecular formula is C14H20N2O. The van der Waals surface area contributed by atoms with E-state index in [0.717, 1.165) is 25.2 Å². The summed E-state index contributed by atoms with van der Waals surface area (Å²) in [6, 6.07) is 4.21. The van der Waals surface area contributed by atoms with E-state index < -0.39 is 0 Å². The van der Waals surface area contributed by atoms with Crippen molar-refractivity contribution in [2.24, 2.45) is 5.92 Å². The normalized spacial score (nSPS) is 27.0. The van der Waals surface area contributed by atoms with Crippen LogP contribution in [0.5, 0.6) is 0 Å². The Bertz CT molecular complexity index is 489. The first-order chi connectivity index (χ1) is 8.16. The fourth-order valence-corrected chi connectivity index (χ4v) is 3.25. The van der Waals surface area contributed by atoms with E-state index in [4.69, 9.17) is 0 Å². The lowest BCUT2D eigenvalue weighted by atomic mass is 9.84. The van der Waals surface area contributed by atoms with Crippen LogP contribution < -0.4 is 10.9 Å². The van der Waals surface area contributed by atoms with Crippen LogP contribution in [-0.2, 0) is 6.54 Å². The molecule has 2 atom stereocenters. The Hall–Kier alpha value is -1.09. The third-order valence-electron chi connectivity index (χ3n) is 4.16. The van der Waals surface area contributed by atoms with Crippen LogP contribution in [0.1, 0.15) is 43.4 Å². The highest BCUT2D eigenvalue weighted by Crippen LogP contribution is 2.32. The molecule has 2 aliphatic rings. The molecule has 1 aromatic rings. The Morgan fingerprint density at radius 1 is 1.35 bits per heavy atom. The Morgan fingerprint density at radius 3 is 2.94 bits per heavy atom. The van der Waals surface area contributed by atoms with Gasteiger partial charge in [0.1, 0.15) is 0 Å². The van der Waals surface area contributed by atoms with Gasteiger partial charge in [0.25, 0.3) is 5.56 Å². The molecular weight excluding hydrogens is 212 g/mol. The first-order valence-electron chi connectivity index (χ1n) is 6.61. The number of pyridine rings is 1. The number of nitrogens with one attached hydrogen (secondary N) is 1. The third-order valence-corrected chi connectivity index (χ3v) is 4.16. The highest BCUT2D eigenvalue weighted by atomic mass is 16.1. The molecule has 3 heteroatoms. The summed E-state index contributed by atoms with van der Waals surface area (Å²) in [7, 11) is 0. The second kappa shape index (κ2) is 3.98. The number of aromatic nitrogens is 1. The molecule has 2 aliphatic heterocycles. The summed E-state index contributed by atoms with van der Waals surface area (Å²) in [5.74, 6) is 1.50. The van der Waals surface area contributed by atoms with Crippen LogP contribution in [0, 0.1) is 5.92 Å². The van der Waals surface area contributed by atoms with Gasteiger partial charge in [-0.3, -0.25) is 4.79 Å². The highest BCUT2D eigenvalue weighted by molar-refractivity contribution is 5.23. The van der Waals surface area contributed by atoms with E-state index in [2.05, 4.69) is 25.2 Å². The summed E-state index contributed by atoms with van der Waals surface area (Å²) in [6.07, 6.45) is 1.24. The van der Waals surface area contributed by atoms with E-state index in [1.54, 1.807) is 0 Å². The fourth-order valence-electron chi connectivity index (χ4n) is 3.25. The van der Waals surface area contributed by atoms with Gasteiger partial charge in [-0.2, -0.15) is 0 Å². The Labute approximate surface area is 102 Å². The third kappa shape index (κ3) is 1.73. The lowest BCUT2D eigenvalue weighted by Crippen LogP contribution is -2.45. The number of piperidine rings is 1. The predicted octanol–water partition coefficient (Wildman–Crippen LogP) is 1.68. The van der Waals surface area contributed by atoms with Gasteiger partial charge in [-0.05, 0) is 30.9 Å². The van der Waals surface area contributed by atoms with Gasteiger partial charge in [0.05, 0.1) is 0 Å². The zero-order chi connectivity index (χ0) is 12.0. The minimum absolute atomic E-state index is 0.245. The summed E-state index contributed by atoms with van der Waals surface area (Å²) < 4.78 is 2.04. The summed E-state index contributed by atoms with van der Waals surface area (Å²) in [5, 5.41) is 3.47. The zero-order valence-corrected chi connectivity index (χ0v) is 10.6. The standard InChI is InChI=1S/C14H20N2O/c1-9(2)12-3-4-13-11-5-10(6-15-7-11)8-16(13)14(12)17/h3-4,9-11,15H,5-8H2,1-2H3. The lowest BCUT2D eigenvalue weighted by molar-refractivity contribution is 0.256. The maximum Gasteiger partial charge on any atom is 0.254 e. The van der Waals surface area contributed by atoms with Crippen molar-refractivity contribution in [3.05, 3.63) is 33.7 Å². The summed E-state index contributed by atoms with van der Waals surface area (Å²) in [6.45, 7) is 7.17. The Kier molecular flexibility index (Phi) is 2.58. The summed E-state index contributed by atoms with van der Waals surface area (Å²) >= 11 is 0. The van der Waals surface area contributed by atoms with Crippen molar-refractivity contribution in [3.63, 3.8) is 0 Å². The van der Waals surface area contributed by atoms with Crippen LogP contribution >= 0.6 is 0 Å². The van der Waals surface area contributed by atoms with Crippen LogP contribution in [0.3, 0.4) is 0 Å². The van der Waals surface area contributed by atoms with Crippen LogP contribution in [0.15, 0.2) is 16.9 Å². The maximum absolute atomic E-state index is 12.4. The number of hydrogen-bond acceptors (Lipinski definition) is 2. The van der Waals surface area contributed by atoms with Crippen molar-refractivity contribution in [3.8, 4) is 0 Å². The topological polar surface area (TPSA) is 34.0 Å². The molecule has 2 unspecified atom stereocenters. The molecule has 1 aromatic heterocycles. The molecule has 0 aromatic carbocycles. The maximum atomic E-state index is 12.4. The molecule has 2 bridgehead atoms. The largest absolute Gasteiger partial charge is 0.316 e. The van der Waals surface area contributed by atoms with Crippen LogP contribution in [0.25, 0.3) is 0 Å². The average Bonchev–Trinajstić information content (AvgIpc) is 2.30. The van der Waals surface area contributed by atoms with Crippen molar-refractivity contribution in [1.82, 2.24) is 9.88 Å². The van der Waals surface area contributed by atoms with Gasteiger partial charge in [0.15, 0.2) is 0 Å². The van der Waals surface area contributed by atoms with Crippen molar-refractivity contribution in [2.45, 2.75) is 38.6 Å². The van der Waals surface area contributed by atoms with Gasteiger partial charge in [0.2, 0.25) is 0 Å². The van der Waals surface area contributed by atoms with Crippen LogP contribution in [0.2, 0.25) is 0 Å². The summed E-state index contributed by atoms with van der Waals surface area (Å²) in [4.78, 5) is 12.4. The van der Waals surface area contributed by atoms with Crippen molar-refractivity contribution < 1.29 is 0 Å². The second-order valence-electron chi connectivity index (χ2n) is 5.74. The van der Waals surface area contributed by atoms with E-state index in [-0.39, 0.29) is 5.56 Å². The minimum Gasteiger partial charge on any atom is -0.316 e. The SMILES string of the molecule is CC(C)c1ccc2n(c1=O)CC1CNCC2C1. The molecule has 0 aliphatic carbocycles. The molecule has 3 rings (SSSR count). The van der Waals surface area contributed by atoms with E-state index in [1.807, 2.05) is 10.6 Å². The Morgan fingerprint density at radius 2 is 2.18 bits per heavy atom. The van der Waals surface area contributed by atoms with Gasteiger partial charge in [-0.15, -0.1) is 0 Å². The zero-order valence-electron chi connectivity index (χ0n) is 10.6. The van der Waals surface area contributed by atoms with Gasteiger partial charge in [-0.25, -0.2) is 0 Å². The lowest BCUT2D eigenvalue weighted by Gasteiger charge is -2.37. The van der Waals surface area contributed by atoms with Gasteiger partial charge < -0.3 is 9.88 Å².